The van der Waals surface area contributed by atoms with Crippen molar-refractivity contribution in [3.05, 3.63) is 40.9 Å². The monoisotopic (exact) mass is 232 g/mol. The van der Waals surface area contributed by atoms with Crippen molar-refractivity contribution in [1.82, 2.24) is 4.98 Å². The van der Waals surface area contributed by atoms with E-state index < -0.39 is 5.91 Å². The van der Waals surface area contributed by atoms with E-state index in [0.717, 1.165) is 17.0 Å². The van der Waals surface area contributed by atoms with Crippen molar-refractivity contribution >= 4 is 17.2 Å². The predicted octanol–water partition coefficient (Wildman–Crippen LogP) is 2.47. The molecule has 2 aromatic rings. The average Bonchev–Trinajstić information content (AvgIpc) is 2.77. The van der Waals surface area contributed by atoms with Crippen molar-refractivity contribution in [3.63, 3.8) is 0 Å². The first-order valence-electron chi connectivity index (χ1n) is 5.06. The van der Waals surface area contributed by atoms with Gasteiger partial charge in [0, 0.05) is 22.2 Å². The van der Waals surface area contributed by atoms with Crippen LogP contribution in [-0.4, -0.2) is 10.9 Å². The zero-order valence-electron chi connectivity index (χ0n) is 8.93. The van der Waals surface area contributed by atoms with Crippen molar-refractivity contribution in [2.24, 2.45) is 5.73 Å². The molecule has 0 bridgehead atoms. The Morgan fingerprint density at radius 1 is 1.44 bits per heavy atom. The van der Waals surface area contributed by atoms with E-state index in [1.165, 1.54) is 4.88 Å². The minimum Gasteiger partial charge on any atom is -0.366 e. The van der Waals surface area contributed by atoms with Gasteiger partial charge < -0.3 is 5.73 Å². The summed E-state index contributed by atoms with van der Waals surface area (Å²) in [6, 6.07) is 7.29. The van der Waals surface area contributed by atoms with Gasteiger partial charge >= 0.3 is 0 Å². The van der Waals surface area contributed by atoms with Crippen LogP contribution in [0, 0.1) is 0 Å². The number of hydrogen-bond donors (Lipinski definition) is 1. The third-order valence-electron chi connectivity index (χ3n) is 2.32. The number of carbonyl (C=O) groups is 1. The Hall–Kier alpha value is -1.68. The van der Waals surface area contributed by atoms with Crippen molar-refractivity contribution in [2.45, 2.75) is 13.3 Å². The van der Waals surface area contributed by atoms with Gasteiger partial charge in [0.05, 0.1) is 0 Å². The molecule has 1 aromatic carbocycles. The van der Waals surface area contributed by atoms with Crippen LogP contribution in [0.3, 0.4) is 0 Å². The number of rotatable bonds is 3. The highest BCUT2D eigenvalue weighted by Gasteiger charge is 2.11. The zero-order chi connectivity index (χ0) is 11.5. The maximum absolute atomic E-state index is 11.3. The molecule has 3 nitrogen and oxygen atoms in total. The quantitative estimate of drug-likeness (QED) is 0.883. The molecular formula is C12H12N2OS. The van der Waals surface area contributed by atoms with Gasteiger partial charge in [-0.05, 0) is 12.5 Å². The van der Waals surface area contributed by atoms with Gasteiger partial charge in [0.2, 0.25) is 5.91 Å². The van der Waals surface area contributed by atoms with Crippen LogP contribution >= 0.6 is 11.3 Å². The number of primary amides is 1. The molecule has 82 valence electrons. The molecule has 0 atom stereocenters. The Morgan fingerprint density at radius 3 is 2.81 bits per heavy atom. The summed E-state index contributed by atoms with van der Waals surface area (Å²) in [4.78, 5) is 16.8. The van der Waals surface area contributed by atoms with Gasteiger partial charge in [-0.15, -0.1) is 11.3 Å². The van der Waals surface area contributed by atoms with E-state index in [1.54, 1.807) is 23.5 Å². The van der Waals surface area contributed by atoms with Gasteiger partial charge in [0.25, 0.3) is 0 Å². The Bertz CT molecular complexity index is 519. The first kappa shape index (κ1) is 10.8. The number of amides is 1. The van der Waals surface area contributed by atoms with E-state index in [0.29, 0.717) is 5.56 Å². The molecule has 1 amide bonds. The second-order valence-electron chi connectivity index (χ2n) is 3.40. The summed E-state index contributed by atoms with van der Waals surface area (Å²) in [6.45, 7) is 2.08. The lowest BCUT2D eigenvalue weighted by Gasteiger charge is -2.02. The molecule has 2 rings (SSSR count). The molecule has 0 unspecified atom stereocenters. The van der Waals surface area contributed by atoms with Gasteiger partial charge in [-0.25, -0.2) is 4.98 Å². The van der Waals surface area contributed by atoms with Gasteiger partial charge in [0.15, 0.2) is 0 Å². The first-order valence-corrected chi connectivity index (χ1v) is 5.88. The Morgan fingerprint density at radius 2 is 2.19 bits per heavy atom. The summed E-state index contributed by atoms with van der Waals surface area (Å²) in [6.07, 6.45) is 2.80. The molecule has 0 saturated heterocycles. The minimum atomic E-state index is -0.413. The van der Waals surface area contributed by atoms with Crippen LogP contribution < -0.4 is 5.73 Å². The molecule has 1 aromatic heterocycles. The number of thiazole rings is 1. The van der Waals surface area contributed by atoms with Crippen LogP contribution in [0.1, 0.15) is 22.2 Å². The van der Waals surface area contributed by atoms with Crippen molar-refractivity contribution in [1.29, 1.82) is 0 Å². The molecule has 0 saturated carbocycles. The van der Waals surface area contributed by atoms with Crippen LogP contribution in [0.25, 0.3) is 10.6 Å². The van der Waals surface area contributed by atoms with Crippen LogP contribution in [0.5, 0.6) is 0 Å². The number of aryl methyl sites for hydroxylation is 1. The smallest absolute Gasteiger partial charge is 0.249 e. The molecule has 0 aliphatic heterocycles. The highest BCUT2D eigenvalue weighted by atomic mass is 32.1. The fourth-order valence-electron chi connectivity index (χ4n) is 1.48. The SMILES string of the molecule is CCc1cnc(-c2ccccc2C(N)=O)s1. The lowest BCUT2D eigenvalue weighted by atomic mass is 10.1. The summed E-state index contributed by atoms with van der Waals surface area (Å²) in [5.41, 5.74) is 6.68. The summed E-state index contributed by atoms with van der Waals surface area (Å²) in [7, 11) is 0. The summed E-state index contributed by atoms with van der Waals surface area (Å²) in [5.74, 6) is -0.413. The van der Waals surface area contributed by atoms with Gasteiger partial charge in [0.1, 0.15) is 5.01 Å². The van der Waals surface area contributed by atoms with Gasteiger partial charge in [-0.1, -0.05) is 25.1 Å². The highest BCUT2D eigenvalue weighted by Crippen LogP contribution is 2.28. The topological polar surface area (TPSA) is 56.0 Å². The lowest BCUT2D eigenvalue weighted by Crippen LogP contribution is -2.12. The molecule has 0 fully saturated rings. The Kier molecular flexibility index (Phi) is 3.01. The van der Waals surface area contributed by atoms with Crippen molar-refractivity contribution in [3.8, 4) is 10.6 Å². The van der Waals surface area contributed by atoms with E-state index in [1.807, 2.05) is 18.3 Å². The molecule has 0 aliphatic rings. The van der Waals surface area contributed by atoms with E-state index in [-0.39, 0.29) is 0 Å². The van der Waals surface area contributed by atoms with Crippen LogP contribution in [0.4, 0.5) is 0 Å². The molecule has 0 aliphatic carbocycles. The minimum absolute atomic E-state index is 0.413. The molecule has 0 spiro atoms. The first-order chi connectivity index (χ1) is 7.72. The van der Waals surface area contributed by atoms with E-state index in [2.05, 4.69) is 11.9 Å². The number of benzene rings is 1. The predicted molar refractivity (Wildman–Crippen MR) is 65.4 cm³/mol. The molecular weight excluding hydrogens is 220 g/mol. The van der Waals surface area contributed by atoms with Crippen LogP contribution in [0.2, 0.25) is 0 Å². The van der Waals surface area contributed by atoms with E-state index >= 15 is 0 Å². The normalized spacial score (nSPS) is 10.3. The second-order valence-corrected chi connectivity index (χ2v) is 4.51. The van der Waals surface area contributed by atoms with Crippen LogP contribution in [-0.2, 0) is 6.42 Å². The standard InChI is InChI=1S/C12H12N2OS/c1-2-8-7-14-12(16-8)10-6-4-3-5-9(10)11(13)15/h3-7H,2H2,1H3,(H2,13,15). The fraction of sp³-hybridized carbons (Fsp3) is 0.167. The average molecular weight is 232 g/mol. The highest BCUT2D eigenvalue weighted by molar-refractivity contribution is 7.15. The number of nitrogens with two attached hydrogens (primary N) is 1. The summed E-state index contributed by atoms with van der Waals surface area (Å²) < 4.78 is 0. The Labute approximate surface area is 97.9 Å². The number of hydrogen-bond acceptors (Lipinski definition) is 3. The molecule has 4 heteroatoms. The number of carbonyl (C=O) groups excluding carboxylic acids is 1. The third-order valence-corrected chi connectivity index (χ3v) is 3.50. The maximum atomic E-state index is 11.3. The molecule has 1 heterocycles. The van der Waals surface area contributed by atoms with E-state index in [4.69, 9.17) is 5.73 Å². The second kappa shape index (κ2) is 4.45. The Balaban J connectivity index is 2.50. The van der Waals surface area contributed by atoms with E-state index in [9.17, 15) is 4.79 Å². The zero-order valence-corrected chi connectivity index (χ0v) is 9.75. The van der Waals surface area contributed by atoms with Crippen LogP contribution in [0.15, 0.2) is 30.5 Å². The van der Waals surface area contributed by atoms with Gasteiger partial charge in [-0.2, -0.15) is 0 Å². The maximum Gasteiger partial charge on any atom is 0.249 e. The third kappa shape index (κ3) is 1.97. The number of aromatic nitrogens is 1. The number of nitrogens with zero attached hydrogens (tertiary/aromatic N) is 1. The largest absolute Gasteiger partial charge is 0.366 e. The van der Waals surface area contributed by atoms with Gasteiger partial charge in [-0.3, -0.25) is 4.79 Å². The fourth-order valence-corrected chi connectivity index (χ4v) is 2.37. The summed E-state index contributed by atoms with van der Waals surface area (Å²) >= 11 is 1.60. The molecule has 2 N–H and O–H groups in total. The van der Waals surface area contributed by atoms with Crippen molar-refractivity contribution < 1.29 is 4.79 Å². The summed E-state index contributed by atoms with van der Waals surface area (Å²) in [5, 5.41) is 0.853. The van der Waals surface area contributed by atoms with Crippen molar-refractivity contribution in [2.75, 3.05) is 0 Å². The molecule has 16 heavy (non-hydrogen) atoms. The lowest BCUT2D eigenvalue weighted by molar-refractivity contribution is 0.100. The molecule has 0 radical (unpaired) electrons.